The minimum Gasteiger partial charge on any atom is -0.335 e. The predicted octanol–water partition coefficient (Wildman–Crippen LogP) is 3.07. The lowest BCUT2D eigenvalue weighted by Crippen LogP contribution is -2.50. The molecule has 1 saturated carbocycles. The van der Waals surface area contributed by atoms with Crippen molar-refractivity contribution in [2.75, 3.05) is 18.1 Å². The van der Waals surface area contributed by atoms with E-state index in [4.69, 9.17) is 0 Å². The molecular formula is C21H31FN2O3S. The third-order valence-electron chi connectivity index (χ3n) is 5.98. The topological polar surface area (TPSA) is 66.5 Å². The molecule has 1 aliphatic heterocycles. The van der Waals surface area contributed by atoms with Gasteiger partial charge in [-0.1, -0.05) is 38.8 Å². The Morgan fingerprint density at radius 1 is 1.14 bits per heavy atom. The maximum atomic E-state index is 13.2. The van der Waals surface area contributed by atoms with Crippen LogP contribution in [-0.2, 0) is 14.6 Å². The highest BCUT2D eigenvalue weighted by molar-refractivity contribution is 7.91. The van der Waals surface area contributed by atoms with Crippen LogP contribution >= 0.6 is 0 Å². The lowest BCUT2D eigenvalue weighted by Gasteiger charge is -2.35. The van der Waals surface area contributed by atoms with Crippen LogP contribution in [-0.4, -0.2) is 49.4 Å². The number of nitrogens with one attached hydrogen (secondary N) is 1. The van der Waals surface area contributed by atoms with Crippen molar-refractivity contribution in [2.24, 2.45) is 5.92 Å². The number of benzene rings is 1. The lowest BCUT2D eigenvalue weighted by molar-refractivity contribution is -0.134. The molecule has 1 N–H and O–H groups in total. The van der Waals surface area contributed by atoms with Gasteiger partial charge in [-0.05, 0) is 42.9 Å². The minimum absolute atomic E-state index is 0.0261. The minimum atomic E-state index is -3.05. The molecule has 1 aliphatic carbocycles. The largest absolute Gasteiger partial charge is 0.335 e. The van der Waals surface area contributed by atoms with E-state index in [9.17, 15) is 17.6 Å². The van der Waals surface area contributed by atoms with Gasteiger partial charge >= 0.3 is 0 Å². The van der Waals surface area contributed by atoms with Crippen LogP contribution in [0.15, 0.2) is 24.3 Å². The summed E-state index contributed by atoms with van der Waals surface area (Å²) in [6.45, 7) is 4.28. The molecule has 2 unspecified atom stereocenters. The second-order valence-corrected chi connectivity index (χ2v) is 10.7. The van der Waals surface area contributed by atoms with E-state index in [2.05, 4.69) is 19.2 Å². The average molecular weight is 411 g/mol. The zero-order valence-electron chi connectivity index (χ0n) is 16.7. The molecule has 7 heteroatoms. The van der Waals surface area contributed by atoms with Crippen molar-refractivity contribution in [2.45, 2.75) is 64.1 Å². The number of sulfone groups is 1. The molecule has 0 spiro atoms. The van der Waals surface area contributed by atoms with Crippen LogP contribution in [0.3, 0.4) is 0 Å². The molecule has 28 heavy (non-hydrogen) atoms. The van der Waals surface area contributed by atoms with Gasteiger partial charge in [-0.2, -0.15) is 0 Å². The number of carbonyl (C=O) groups is 1. The van der Waals surface area contributed by atoms with Gasteiger partial charge in [0.2, 0.25) is 5.91 Å². The predicted molar refractivity (Wildman–Crippen MR) is 108 cm³/mol. The molecule has 2 aliphatic rings. The van der Waals surface area contributed by atoms with E-state index >= 15 is 0 Å². The number of hydrogen-bond donors (Lipinski definition) is 1. The average Bonchev–Trinajstić information content (AvgIpc) is 3.27. The van der Waals surface area contributed by atoms with E-state index in [1.165, 1.54) is 12.1 Å². The van der Waals surface area contributed by atoms with Crippen molar-refractivity contribution in [1.29, 1.82) is 0 Å². The van der Waals surface area contributed by atoms with Crippen molar-refractivity contribution >= 4 is 15.7 Å². The zero-order chi connectivity index (χ0) is 20.3. The number of hydrogen-bond acceptors (Lipinski definition) is 4. The Labute approximate surface area is 167 Å². The van der Waals surface area contributed by atoms with Gasteiger partial charge in [0.25, 0.3) is 0 Å². The summed E-state index contributed by atoms with van der Waals surface area (Å²) in [5.41, 5.74) is 0.945. The van der Waals surface area contributed by atoms with E-state index in [1.807, 2.05) is 4.90 Å². The number of carbonyl (C=O) groups excluding carboxylic acids is 1. The Morgan fingerprint density at radius 3 is 2.32 bits per heavy atom. The Hall–Kier alpha value is -1.47. The second kappa shape index (κ2) is 8.91. The first-order valence-electron chi connectivity index (χ1n) is 10.3. The normalized spacial score (nSPS) is 23.2. The Kier molecular flexibility index (Phi) is 6.76. The first kappa shape index (κ1) is 21.2. The molecular weight excluding hydrogens is 379 g/mol. The molecule has 2 atom stereocenters. The van der Waals surface area contributed by atoms with Crippen LogP contribution in [0.25, 0.3) is 0 Å². The molecule has 156 valence electrons. The highest BCUT2D eigenvalue weighted by atomic mass is 32.2. The molecule has 1 aromatic carbocycles. The first-order valence-corrected chi connectivity index (χ1v) is 12.1. The fourth-order valence-electron chi connectivity index (χ4n) is 4.58. The zero-order valence-corrected chi connectivity index (χ0v) is 17.6. The quantitative estimate of drug-likeness (QED) is 0.750. The molecule has 0 aromatic heterocycles. The van der Waals surface area contributed by atoms with Gasteiger partial charge < -0.3 is 10.2 Å². The Bertz CT molecular complexity index is 773. The van der Waals surface area contributed by atoms with Crippen LogP contribution in [0, 0.1) is 11.7 Å². The summed E-state index contributed by atoms with van der Waals surface area (Å²) in [4.78, 5) is 15.0. The SMILES string of the molecule is CC(C)C(NCC(=O)N(C1CCCC1)C1CCS(=O)(=O)C1)c1ccc(F)cc1. The van der Waals surface area contributed by atoms with E-state index in [-0.39, 0.29) is 53.8 Å². The fourth-order valence-corrected chi connectivity index (χ4v) is 6.29. The van der Waals surface area contributed by atoms with Gasteiger partial charge in [-0.3, -0.25) is 4.79 Å². The lowest BCUT2D eigenvalue weighted by atomic mass is 9.96. The summed E-state index contributed by atoms with van der Waals surface area (Å²) < 4.78 is 37.2. The molecule has 1 aromatic rings. The first-order chi connectivity index (χ1) is 13.3. The van der Waals surface area contributed by atoms with Crippen molar-refractivity contribution in [3.63, 3.8) is 0 Å². The summed E-state index contributed by atoms with van der Waals surface area (Å²) in [6, 6.07) is 6.24. The molecule has 0 bridgehead atoms. The van der Waals surface area contributed by atoms with Crippen LogP contribution in [0.4, 0.5) is 4.39 Å². The van der Waals surface area contributed by atoms with Gasteiger partial charge in [0, 0.05) is 18.1 Å². The molecule has 3 rings (SSSR count). The van der Waals surface area contributed by atoms with Gasteiger partial charge in [0.1, 0.15) is 5.82 Å². The summed E-state index contributed by atoms with van der Waals surface area (Å²) in [7, 11) is -3.05. The van der Waals surface area contributed by atoms with Crippen molar-refractivity contribution in [1.82, 2.24) is 10.2 Å². The highest BCUT2D eigenvalue weighted by Crippen LogP contribution is 2.29. The van der Waals surface area contributed by atoms with E-state index in [0.717, 1.165) is 31.2 Å². The standard InChI is InChI=1S/C21H31FN2O3S/c1-15(2)21(16-7-9-17(22)10-8-16)23-13-20(25)24(18-5-3-4-6-18)19-11-12-28(26,27)14-19/h7-10,15,18-19,21,23H,3-6,11-14H2,1-2H3. The smallest absolute Gasteiger partial charge is 0.237 e. The van der Waals surface area contributed by atoms with Crippen LogP contribution < -0.4 is 5.32 Å². The van der Waals surface area contributed by atoms with Gasteiger partial charge in [0.15, 0.2) is 9.84 Å². The van der Waals surface area contributed by atoms with Crippen molar-refractivity contribution in [3.05, 3.63) is 35.6 Å². The number of amides is 1. The van der Waals surface area contributed by atoms with E-state index in [0.29, 0.717) is 6.42 Å². The maximum Gasteiger partial charge on any atom is 0.237 e. The van der Waals surface area contributed by atoms with Gasteiger partial charge in [-0.25, -0.2) is 12.8 Å². The summed E-state index contributed by atoms with van der Waals surface area (Å²) in [5.74, 6) is 0.177. The number of rotatable bonds is 7. The molecule has 1 amide bonds. The fraction of sp³-hybridized carbons (Fsp3) is 0.667. The van der Waals surface area contributed by atoms with Gasteiger partial charge in [0.05, 0.1) is 18.1 Å². The van der Waals surface area contributed by atoms with E-state index < -0.39 is 9.84 Å². The summed E-state index contributed by atoms with van der Waals surface area (Å²) in [6.07, 6.45) is 4.62. The van der Waals surface area contributed by atoms with Crippen molar-refractivity contribution in [3.8, 4) is 0 Å². The Balaban J connectivity index is 1.70. The highest BCUT2D eigenvalue weighted by Gasteiger charge is 2.39. The van der Waals surface area contributed by atoms with Crippen LogP contribution in [0.5, 0.6) is 0 Å². The van der Waals surface area contributed by atoms with Crippen molar-refractivity contribution < 1.29 is 17.6 Å². The monoisotopic (exact) mass is 410 g/mol. The summed E-state index contributed by atoms with van der Waals surface area (Å²) >= 11 is 0. The third kappa shape index (κ3) is 5.11. The maximum absolute atomic E-state index is 13.2. The number of halogens is 1. The van der Waals surface area contributed by atoms with Crippen LogP contribution in [0.1, 0.15) is 57.6 Å². The molecule has 5 nitrogen and oxygen atoms in total. The van der Waals surface area contributed by atoms with E-state index in [1.54, 1.807) is 12.1 Å². The molecule has 1 heterocycles. The molecule has 0 radical (unpaired) electrons. The van der Waals surface area contributed by atoms with Gasteiger partial charge in [-0.15, -0.1) is 0 Å². The molecule has 2 fully saturated rings. The second-order valence-electron chi connectivity index (χ2n) is 8.45. The summed E-state index contributed by atoms with van der Waals surface area (Å²) in [5, 5.41) is 3.34. The number of nitrogens with zero attached hydrogens (tertiary/aromatic N) is 1. The molecule has 1 saturated heterocycles. The van der Waals surface area contributed by atoms with Crippen LogP contribution in [0.2, 0.25) is 0 Å². The third-order valence-corrected chi connectivity index (χ3v) is 7.73. The Morgan fingerprint density at radius 2 is 1.79 bits per heavy atom.